The number of carbonyl (C=O) groups is 4. The van der Waals surface area contributed by atoms with Gasteiger partial charge in [0.05, 0.1) is 26.4 Å². The number of aliphatic hydroxyl groups is 1. The molecule has 0 aromatic carbocycles. The van der Waals surface area contributed by atoms with Gasteiger partial charge in [-0.25, -0.2) is 9.13 Å². The fourth-order valence-electron chi connectivity index (χ4n) is 11.4. The average Bonchev–Trinajstić information content (AvgIpc) is 2.46. The summed E-state index contributed by atoms with van der Waals surface area (Å²) in [5, 5.41) is 10.6. The van der Waals surface area contributed by atoms with Crippen molar-refractivity contribution in [1.82, 2.24) is 0 Å². The Morgan fingerprint density at radius 1 is 0.287 bits per heavy atom. The molecule has 19 heteroatoms. The molecule has 0 saturated carbocycles. The molecule has 0 fully saturated rings. The van der Waals surface area contributed by atoms with Gasteiger partial charge in [-0.3, -0.25) is 37.3 Å². The molecule has 0 aliphatic carbocycles. The Hall–Kier alpha value is -1.94. The molecule has 0 rings (SSSR count). The molecule has 0 aromatic rings. The molecule has 0 heterocycles. The van der Waals surface area contributed by atoms with Crippen LogP contribution >= 0.6 is 15.6 Å². The van der Waals surface area contributed by atoms with Crippen LogP contribution in [-0.4, -0.2) is 96.7 Å². The van der Waals surface area contributed by atoms with Crippen LogP contribution in [0.1, 0.15) is 382 Å². The van der Waals surface area contributed by atoms with E-state index in [1.165, 1.54) is 193 Å². The Labute approximate surface area is 575 Å². The molecule has 5 atom stereocenters. The molecule has 0 amide bonds. The van der Waals surface area contributed by atoms with E-state index in [0.717, 1.165) is 108 Å². The van der Waals surface area contributed by atoms with Crippen molar-refractivity contribution >= 4 is 39.5 Å². The summed E-state index contributed by atoms with van der Waals surface area (Å²) >= 11 is 0. The molecule has 558 valence electrons. The molecule has 0 saturated heterocycles. The molecule has 0 aliphatic heterocycles. The lowest BCUT2D eigenvalue weighted by atomic mass is 10.0. The summed E-state index contributed by atoms with van der Waals surface area (Å²) < 4.78 is 68.5. The van der Waals surface area contributed by atoms with E-state index >= 15 is 0 Å². The Balaban J connectivity index is 5.23. The number of hydrogen-bond acceptors (Lipinski definition) is 15. The van der Waals surface area contributed by atoms with Crippen LogP contribution in [0.4, 0.5) is 0 Å². The lowest BCUT2D eigenvalue weighted by molar-refractivity contribution is -0.161. The lowest BCUT2D eigenvalue weighted by Crippen LogP contribution is -2.30. The second kappa shape index (κ2) is 65.7. The van der Waals surface area contributed by atoms with E-state index in [2.05, 4.69) is 48.5 Å². The van der Waals surface area contributed by atoms with E-state index in [0.29, 0.717) is 25.7 Å². The van der Waals surface area contributed by atoms with Crippen molar-refractivity contribution in [3.63, 3.8) is 0 Å². The van der Waals surface area contributed by atoms with Gasteiger partial charge in [0.2, 0.25) is 0 Å². The molecule has 3 N–H and O–H groups in total. The Morgan fingerprint density at radius 3 is 0.723 bits per heavy atom. The maximum atomic E-state index is 13.1. The number of unbranched alkanes of at least 4 members (excludes halogenated alkanes) is 41. The van der Waals surface area contributed by atoms with Crippen LogP contribution in [0.3, 0.4) is 0 Å². The molecular weight excluding hydrogens is 1230 g/mol. The topological polar surface area (TPSA) is 237 Å². The number of aliphatic hydroxyl groups excluding tert-OH is 1. The number of phosphoric acid groups is 2. The molecule has 0 aliphatic rings. The summed E-state index contributed by atoms with van der Waals surface area (Å²) in [6, 6.07) is 0. The van der Waals surface area contributed by atoms with E-state index in [1.807, 2.05) is 0 Å². The van der Waals surface area contributed by atoms with Crippen molar-refractivity contribution in [1.29, 1.82) is 0 Å². The minimum atomic E-state index is -4.96. The van der Waals surface area contributed by atoms with Crippen molar-refractivity contribution in [2.24, 2.45) is 17.8 Å². The SMILES string of the molecule is CCCCCCCCCCCCCCCCCCCCCC(=O)O[C@H](COC(=O)CCCCCCCCCCCC(C)C)COP(=O)(O)OC[C@@H](O)COP(=O)(O)OC[C@@H](COC(=O)CCCCCCCCCCC(C)C)OC(=O)CCCCCCCCCCCC(C)C. The average molecular weight is 1380 g/mol. The first kappa shape index (κ1) is 92.1. The summed E-state index contributed by atoms with van der Waals surface area (Å²) in [6.07, 6.45) is 51.5. The van der Waals surface area contributed by atoms with E-state index in [1.54, 1.807) is 0 Å². The van der Waals surface area contributed by atoms with E-state index < -0.39 is 97.5 Å². The number of ether oxygens (including phenoxy) is 4. The minimum Gasteiger partial charge on any atom is -0.462 e. The maximum Gasteiger partial charge on any atom is 0.472 e. The summed E-state index contributed by atoms with van der Waals surface area (Å²) in [7, 11) is -9.91. The van der Waals surface area contributed by atoms with Crippen molar-refractivity contribution < 1.29 is 80.2 Å². The van der Waals surface area contributed by atoms with Crippen molar-refractivity contribution in [2.45, 2.75) is 401 Å². The Morgan fingerprint density at radius 2 is 0.489 bits per heavy atom. The molecule has 0 aromatic heterocycles. The first-order chi connectivity index (χ1) is 45.2. The molecule has 0 spiro atoms. The van der Waals surface area contributed by atoms with Gasteiger partial charge >= 0.3 is 39.5 Å². The van der Waals surface area contributed by atoms with Crippen LogP contribution in [0.5, 0.6) is 0 Å². The number of esters is 4. The molecule has 0 bridgehead atoms. The van der Waals surface area contributed by atoms with Gasteiger partial charge < -0.3 is 33.8 Å². The highest BCUT2D eigenvalue weighted by Crippen LogP contribution is 2.45. The van der Waals surface area contributed by atoms with Crippen LogP contribution in [0.25, 0.3) is 0 Å². The standard InChI is InChI=1S/C75H146O17P2/c1-8-9-10-11-12-13-14-15-16-17-18-19-20-21-22-27-37-44-51-58-74(79)91-70(62-85-72(77)56-49-42-35-28-23-25-32-39-46-53-66(2)3)64-89-93(81,82)87-60-69(76)61-88-94(83,84)90-65-71(63-86-73(78)57-50-43-36-31-30-34-41-48-55-68(6)7)92-75(80)59-52-45-38-29-24-26-33-40-47-54-67(4)5/h66-71,76H,8-65H2,1-7H3,(H,81,82)(H,83,84)/t69-,70-,71-/m1/s1. The zero-order valence-electron chi connectivity index (χ0n) is 61.4. The van der Waals surface area contributed by atoms with Gasteiger partial charge in [0, 0.05) is 25.7 Å². The summed E-state index contributed by atoms with van der Waals surface area (Å²) in [6.45, 7) is 11.8. The summed E-state index contributed by atoms with van der Waals surface area (Å²) in [5.41, 5.74) is 0. The van der Waals surface area contributed by atoms with E-state index in [9.17, 15) is 43.2 Å². The molecule has 17 nitrogen and oxygen atoms in total. The predicted octanol–water partition coefficient (Wildman–Crippen LogP) is 21.8. The van der Waals surface area contributed by atoms with Crippen molar-refractivity contribution in [2.75, 3.05) is 39.6 Å². The van der Waals surface area contributed by atoms with Crippen molar-refractivity contribution in [3.8, 4) is 0 Å². The number of rotatable bonds is 73. The second-order valence-corrected chi connectivity index (χ2v) is 31.4. The highest BCUT2D eigenvalue weighted by atomic mass is 31.2. The quantitative estimate of drug-likeness (QED) is 0.0222. The fraction of sp³-hybridized carbons (Fsp3) is 0.947. The minimum absolute atomic E-state index is 0.105. The highest BCUT2D eigenvalue weighted by Gasteiger charge is 2.30. The van der Waals surface area contributed by atoms with Crippen LogP contribution in [-0.2, 0) is 65.4 Å². The Kier molecular flexibility index (Phi) is 64.3. The van der Waals surface area contributed by atoms with E-state index in [4.69, 9.17) is 37.0 Å². The number of carbonyl (C=O) groups excluding carboxylic acids is 4. The van der Waals surface area contributed by atoms with Crippen LogP contribution in [0, 0.1) is 17.8 Å². The first-order valence-corrected chi connectivity index (χ1v) is 41.8. The fourth-order valence-corrected chi connectivity index (χ4v) is 13.0. The second-order valence-electron chi connectivity index (χ2n) is 28.5. The Bertz CT molecular complexity index is 1840. The lowest BCUT2D eigenvalue weighted by Gasteiger charge is -2.21. The van der Waals surface area contributed by atoms with Gasteiger partial charge in [-0.15, -0.1) is 0 Å². The zero-order valence-corrected chi connectivity index (χ0v) is 63.2. The highest BCUT2D eigenvalue weighted by molar-refractivity contribution is 7.47. The first-order valence-electron chi connectivity index (χ1n) is 38.8. The molecule has 2 unspecified atom stereocenters. The monoisotopic (exact) mass is 1380 g/mol. The molecule has 0 radical (unpaired) electrons. The van der Waals surface area contributed by atoms with Gasteiger partial charge in [-0.1, -0.05) is 331 Å². The van der Waals surface area contributed by atoms with Gasteiger partial charge in [-0.05, 0) is 43.4 Å². The van der Waals surface area contributed by atoms with Crippen molar-refractivity contribution in [3.05, 3.63) is 0 Å². The van der Waals surface area contributed by atoms with Gasteiger partial charge in [0.15, 0.2) is 12.2 Å². The van der Waals surface area contributed by atoms with Crippen LogP contribution in [0.2, 0.25) is 0 Å². The predicted molar refractivity (Wildman–Crippen MR) is 381 cm³/mol. The third-order valence-corrected chi connectivity index (χ3v) is 19.3. The summed E-state index contributed by atoms with van der Waals surface area (Å²) in [4.78, 5) is 72.7. The molecule has 94 heavy (non-hydrogen) atoms. The summed E-state index contributed by atoms with van der Waals surface area (Å²) in [5.74, 6) is 0.0853. The number of phosphoric ester groups is 2. The largest absolute Gasteiger partial charge is 0.472 e. The van der Waals surface area contributed by atoms with Crippen LogP contribution in [0.15, 0.2) is 0 Å². The maximum absolute atomic E-state index is 13.1. The van der Waals surface area contributed by atoms with Gasteiger partial charge in [0.25, 0.3) is 0 Å². The number of hydrogen-bond donors (Lipinski definition) is 3. The zero-order chi connectivity index (χ0) is 69.4. The third kappa shape index (κ3) is 68.6. The smallest absolute Gasteiger partial charge is 0.462 e. The third-order valence-electron chi connectivity index (χ3n) is 17.4. The normalized spacial score (nSPS) is 14.1. The van der Waals surface area contributed by atoms with Gasteiger partial charge in [0.1, 0.15) is 19.3 Å². The van der Waals surface area contributed by atoms with Gasteiger partial charge in [-0.2, -0.15) is 0 Å². The van der Waals surface area contributed by atoms with Crippen LogP contribution < -0.4 is 0 Å². The van der Waals surface area contributed by atoms with E-state index in [-0.39, 0.29) is 25.7 Å². The molecular formula is C75H146O17P2.